The van der Waals surface area contributed by atoms with Crippen molar-refractivity contribution in [2.24, 2.45) is 0 Å². The quantitative estimate of drug-likeness (QED) is 0.827. The molecule has 1 aliphatic rings. The zero-order valence-electron chi connectivity index (χ0n) is 17.6. The summed E-state index contributed by atoms with van der Waals surface area (Å²) in [4.78, 5) is 29.9. The van der Waals surface area contributed by atoms with Crippen molar-refractivity contribution in [2.45, 2.75) is 52.1 Å². The van der Waals surface area contributed by atoms with E-state index in [2.05, 4.69) is 10.2 Å². The van der Waals surface area contributed by atoms with Crippen LogP contribution in [0.15, 0.2) is 17.1 Å². The van der Waals surface area contributed by atoms with Gasteiger partial charge >= 0.3 is 0 Å². The van der Waals surface area contributed by atoms with E-state index in [1.54, 1.807) is 22.7 Å². The monoisotopic (exact) mass is 385 g/mol. The molecule has 2 aromatic heterocycles. The topological polar surface area (TPSA) is 74.2 Å². The van der Waals surface area contributed by atoms with Gasteiger partial charge < -0.3 is 14.4 Å². The van der Waals surface area contributed by atoms with E-state index < -0.39 is 0 Å². The lowest BCUT2D eigenvalue weighted by atomic mass is 9.96. The van der Waals surface area contributed by atoms with Gasteiger partial charge in [0.25, 0.3) is 11.5 Å². The van der Waals surface area contributed by atoms with Crippen LogP contribution in [-0.4, -0.2) is 58.2 Å². The maximum atomic E-state index is 13.1. The molecule has 0 radical (unpaired) electrons. The smallest absolute Gasteiger partial charge is 0.263 e. The molecule has 0 saturated carbocycles. The summed E-state index contributed by atoms with van der Waals surface area (Å²) in [5, 5.41) is 7.55. The van der Waals surface area contributed by atoms with E-state index in [-0.39, 0.29) is 23.1 Å². The fraction of sp³-hybridized carbons (Fsp3) is 0.571. The number of hydrogen-bond acceptors (Lipinski definition) is 4. The Morgan fingerprint density at radius 1 is 1.29 bits per heavy atom. The van der Waals surface area contributed by atoms with Crippen LogP contribution in [0.1, 0.15) is 58.7 Å². The Bertz CT molecular complexity index is 912. The molecule has 1 unspecified atom stereocenters. The number of rotatable bonds is 6. The van der Waals surface area contributed by atoms with Crippen molar-refractivity contribution in [3.05, 3.63) is 50.7 Å². The second-order valence-corrected chi connectivity index (χ2v) is 8.19. The van der Waals surface area contributed by atoms with Crippen molar-refractivity contribution in [2.75, 3.05) is 27.7 Å². The highest BCUT2D eigenvalue weighted by molar-refractivity contribution is 5.95. The number of carbonyl (C=O) groups excluding carboxylic acids is 1. The van der Waals surface area contributed by atoms with Crippen LogP contribution in [-0.2, 0) is 19.4 Å². The third-order valence-electron chi connectivity index (χ3n) is 5.52. The van der Waals surface area contributed by atoms with Gasteiger partial charge in [0.15, 0.2) is 0 Å². The number of fused-ring (bicyclic) bond motifs is 1. The average Bonchev–Trinajstić information content (AvgIpc) is 3.04. The number of amides is 1. The third-order valence-corrected chi connectivity index (χ3v) is 5.52. The summed E-state index contributed by atoms with van der Waals surface area (Å²) in [5.41, 5.74) is 4.08. The Hall–Kier alpha value is -2.41. The van der Waals surface area contributed by atoms with Crippen molar-refractivity contribution >= 4 is 5.91 Å². The molecule has 1 amide bonds. The number of hydrogen-bond donors (Lipinski definition) is 1. The predicted molar refractivity (Wildman–Crippen MR) is 110 cm³/mol. The van der Waals surface area contributed by atoms with Gasteiger partial charge in [-0.3, -0.25) is 14.7 Å². The number of carbonyl (C=O) groups is 1. The molecule has 3 rings (SSSR count). The van der Waals surface area contributed by atoms with E-state index in [0.717, 1.165) is 31.5 Å². The first-order chi connectivity index (χ1) is 13.3. The van der Waals surface area contributed by atoms with Crippen LogP contribution >= 0.6 is 0 Å². The number of aromatic nitrogens is 3. The highest BCUT2D eigenvalue weighted by Crippen LogP contribution is 2.23. The van der Waals surface area contributed by atoms with Gasteiger partial charge in [0, 0.05) is 31.5 Å². The van der Waals surface area contributed by atoms with Gasteiger partial charge in [-0.2, -0.15) is 5.10 Å². The largest absolute Gasteiger partial charge is 0.336 e. The Morgan fingerprint density at radius 2 is 2.00 bits per heavy atom. The van der Waals surface area contributed by atoms with Crippen LogP contribution in [0.2, 0.25) is 0 Å². The van der Waals surface area contributed by atoms with E-state index in [1.807, 2.05) is 38.9 Å². The summed E-state index contributed by atoms with van der Waals surface area (Å²) in [6.45, 7) is 4.95. The molecule has 0 aromatic carbocycles. The molecule has 1 N–H and O–H groups in total. The van der Waals surface area contributed by atoms with E-state index in [9.17, 15) is 9.59 Å². The molecule has 0 saturated heterocycles. The maximum Gasteiger partial charge on any atom is 0.263 e. The molecule has 28 heavy (non-hydrogen) atoms. The van der Waals surface area contributed by atoms with Gasteiger partial charge in [0.05, 0.1) is 12.2 Å². The molecule has 0 fully saturated rings. The van der Waals surface area contributed by atoms with Crippen molar-refractivity contribution in [3.63, 3.8) is 0 Å². The Balaban J connectivity index is 1.85. The molecule has 0 aliphatic heterocycles. The van der Waals surface area contributed by atoms with Crippen LogP contribution in [0, 0.1) is 6.92 Å². The highest BCUT2D eigenvalue weighted by Gasteiger charge is 2.24. The lowest BCUT2D eigenvalue weighted by molar-refractivity contribution is 0.0779. The number of nitrogens with zero attached hydrogens (tertiary/aromatic N) is 4. The van der Waals surface area contributed by atoms with Gasteiger partial charge in [0.1, 0.15) is 5.56 Å². The fourth-order valence-corrected chi connectivity index (χ4v) is 4.03. The summed E-state index contributed by atoms with van der Waals surface area (Å²) in [5.74, 6) is -0.249. The molecule has 152 valence electrons. The number of nitrogens with one attached hydrogen (secondary N) is 1. The van der Waals surface area contributed by atoms with Crippen LogP contribution in [0.25, 0.3) is 0 Å². The minimum absolute atomic E-state index is 0.0154. The van der Waals surface area contributed by atoms with Crippen LogP contribution < -0.4 is 5.56 Å². The minimum Gasteiger partial charge on any atom is -0.336 e. The molecule has 0 bridgehead atoms. The SMILES string of the molecule is Cc1ccn(C(C)CN(C)C)c(=O)c1C(=O)N(C)Cc1n[nH]c2c1CCCC2. The normalized spacial score (nSPS) is 14.8. The second-order valence-electron chi connectivity index (χ2n) is 8.19. The van der Waals surface area contributed by atoms with Gasteiger partial charge in [0.2, 0.25) is 0 Å². The fourth-order valence-electron chi connectivity index (χ4n) is 4.03. The highest BCUT2D eigenvalue weighted by atomic mass is 16.2. The Labute approximate surface area is 166 Å². The zero-order valence-corrected chi connectivity index (χ0v) is 17.6. The number of aryl methyl sites for hydroxylation is 2. The standard InChI is InChI=1S/C21H31N5O2/c1-14-10-11-26(15(2)12-24(3)4)21(28)19(14)20(27)25(5)13-18-16-8-6-7-9-17(16)22-23-18/h10-11,15H,6-9,12-13H2,1-5H3,(H,22,23). The number of H-pyrrole nitrogens is 1. The molecule has 7 heteroatoms. The summed E-state index contributed by atoms with van der Waals surface area (Å²) < 4.78 is 1.66. The first-order valence-electron chi connectivity index (χ1n) is 9.96. The van der Waals surface area contributed by atoms with Crippen molar-refractivity contribution in [3.8, 4) is 0 Å². The molecule has 7 nitrogen and oxygen atoms in total. The minimum atomic E-state index is -0.249. The van der Waals surface area contributed by atoms with Crippen LogP contribution in [0.3, 0.4) is 0 Å². The van der Waals surface area contributed by atoms with Gasteiger partial charge in [-0.1, -0.05) is 0 Å². The lowest BCUT2D eigenvalue weighted by Crippen LogP contribution is -2.37. The summed E-state index contributed by atoms with van der Waals surface area (Å²) >= 11 is 0. The number of likely N-dealkylation sites (N-methyl/N-ethyl adjacent to an activating group) is 1. The molecule has 1 atom stereocenters. The van der Waals surface area contributed by atoms with Crippen molar-refractivity contribution in [1.82, 2.24) is 24.6 Å². The van der Waals surface area contributed by atoms with E-state index in [4.69, 9.17) is 0 Å². The second kappa shape index (κ2) is 8.31. The van der Waals surface area contributed by atoms with Crippen molar-refractivity contribution < 1.29 is 4.79 Å². The Morgan fingerprint density at radius 3 is 2.71 bits per heavy atom. The van der Waals surface area contributed by atoms with Crippen molar-refractivity contribution in [1.29, 1.82) is 0 Å². The predicted octanol–water partition coefficient (Wildman–Crippen LogP) is 2.15. The first-order valence-corrected chi connectivity index (χ1v) is 9.96. The Kier molecular flexibility index (Phi) is 6.03. The van der Waals surface area contributed by atoms with E-state index >= 15 is 0 Å². The van der Waals surface area contributed by atoms with E-state index in [0.29, 0.717) is 12.1 Å². The van der Waals surface area contributed by atoms with Crippen LogP contribution in [0.5, 0.6) is 0 Å². The third kappa shape index (κ3) is 4.04. The molecule has 2 aromatic rings. The van der Waals surface area contributed by atoms with Gasteiger partial charge in [-0.25, -0.2) is 0 Å². The molecule has 2 heterocycles. The van der Waals surface area contributed by atoms with Gasteiger partial charge in [-0.05, 0) is 70.8 Å². The average molecular weight is 386 g/mol. The van der Waals surface area contributed by atoms with Gasteiger partial charge in [-0.15, -0.1) is 0 Å². The summed E-state index contributed by atoms with van der Waals surface area (Å²) in [6, 6.07) is 1.84. The first kappa shape index (κ1) is 20.3. The summed E-state index contributed by atoms with van der Waals surface area (Å²) in [6.07, 6.45) is 6.14. The maximum absolute atomic E-state index is 13.1. The summed E-state index contributed by atoms with van der Waals surface area (Å²) in [7, 11) is 5.69. The molecular formula is C21H31N5O2. The molecular weight excluding hydrogens is 354 g/mol. The zero-order chi connectivity index (χ0) is 20.4. The lowest BCUT2D eigenvalue weighted by Gasteiger charge is -2.22. The van der Waals surface area contributed by atoms with E-state index in [1.165, 1.54) is 17.7 Å². The molecule has 1 aliphatic carbocycles. The molecule has 0 spiro atoms. The number of aromatic amines is 1. The van der Waals surface area contributed by atoms with Crippen LogP contribution in [0.4, 0.5) is 0 Å². The number of pyridine rings is 1.